The summed E-state index contributed by atoms with van der Waals surface area (Å²) in [6.07, 6.45) is 6.07. The topological polar surface area (TPSA) is 70.0 Å². The smallest absolute Gasteiger partial charge is 0.307 e. The summed E-state index contributed by atoms with van der Waals surface area (Å²) in [7, 11) is 0. The highest BCUT2D eigenvalue weighted by molar-refractivity contribution is 6.00. The number of amidine groups is 1. The lowest BCUT2D eigenvalue weighted by atomic mass is 9.86. The average Bonchev–Trinajstić information content (AvgIpc) is 2.93. The lowest BCUT2D eigenvalue weighted by molar-refractivity contribution is -0.136. The van der Waals surface area contributed by atoms with Crippen LogP contribution in [0.3, 0.4) is 0 Å². The molecule has 1 aliphatic rings. The van der Waals surface area contributed by atoms with Gasteiger partial charge in [0.1, 0.15) is 5.84 Å². The highest BCUT2D eigenvalue weighted by Crippen LogP contribution is 2.25. The second-order valence-corrected chi connectivity index (χ2v) is 12.2. The molecule has 1 N–H and O–H groups in total. The molecule has 0 saturated heterocycles. The maximum atomic E-state index is 12.9. The molecule has 0 fully saturated rings. The third-order valence-corrected chi connectivity index (χ3v) is 7.90. The number of carboxylic acids is 1. The predicted molar refractivity (Wildman–Crippen MR) is 167 cm³/mol. The molecule has 1 atom stereocenters. The van der Waals surface area contributed by atoms with Crippen LogP contribution in [-0.2, 0) is 34.3 Å². The number of carbonyl (C=O) groups excluding carboxylic acids is 1. The van der Waals surface area contributed by atoms with Crippen molar-refractivity contribution in [2.24, 2.45) is 4.99 Å². The Balaban J connectivity index is 1.34. The summed E-state index contributed by atoms with van der Waals surface area (Å²) in [5.74, 6) is 0.301. The van der Waals surface area contributed by atoms with Gasteiger partial charge in [-0.05, 0) is 77.8 Å². The van der Waals surface area contributed by atoms with Crippen LogP contribution in [0.25, 0.3) is 11.1 Å². The Morgan fingerprint density at radius 3 is 2.15 bits per heavy atom. The maximum absolute atomic E-state index is 12.9. The Morgan fingerprint density at radius 2 is 1.51 bits per heavy atom. The Bertz CT molecular complexity index is 1370. The molecule has 3 aromatic rings. The number of aliphatic carboxylic acids is 1. The van der Waals surface area contributed by atoms with Gasteiger partial charge in [0.05, 0.1) is 12.5 Å². The summed E-state index contributed by atoms with van der Waals surface area (Å²) < 4.78 is 0. The molecule has 0 aliphatic carbocycles. The van der Waals surface area contributed by atoms with Crippen molar-refractivity contribution in [1.29, 1.82) is 0 Å². The quantitative estimate of drug-likeness (QED) is 0.251. The highest BCUT2D eigenvalue weighted by Gasteiger charge is 2.27. The van der Waals surface area contributed by atoms with Crippen molar-refractivity contribution in [3.8, 4) is 11.1 Å². The summed E-state index contributed by atoms with van der Waals surface area (Å²) in [5, 5.41) is 9.13. The number of hydrogen-bond acceptors (Lipinski definition) is 3. The van der Waals surface area contributed by atoms with Crippen LogP contribution in [0.5, 0.6) is 0 Å². The van der Waals surface area contributed by atoms with Crippen LogP contribution >= 0.6 is 0 Å². The van der Waals surface area contributed by atoms with Crippen LogP contribution < -0.4 is 0 Å². The minimum absolute atomic E-state index is 0.0217. The van der Waals surface area contributed by atoms with Crippen molar-refractivity contribution >= 4 is 17.7 Å². The predicted octanol–water partition coefficient (Wildman–Crippen LogP) is 7.64. The molecule has 0 aromatic heterocycles. The molecule has 1 unspecified atom stereocenters. The Morgan fingerprint density at radius 1 is 0.878 bits per heavy atom. The third kappa shape index (κ3) is 8.63. The van der Waals surface area contributed by atoms with E-state index in [4.69, 9.17) is 10.1 Å². The fraction of sp³-hybridized carbons (Fsp3) is 0.417. The molecule has 3 aromatic carbocycles. The third-order valence-electron chi connectivity index (χ3n) is 7.90. The second kappa shape index (κ2) is 13.8. The monoisotopic (exact) mass is 552 g/mol. The fourth-order valence-electron chi connectivity index (χ4n) is 5.61. The minimum atomic E-state index is -0.825. The Kier molecular flexibility index (Phi) is 10.1. The van der Waals surface area contributed by atoms with E-state index in [0.29, 0.717) is 13.0 Å². The van der Waals surface area contributed by atoms with Crippen molar-refractivity contribution in [3.05, 3.63) is 95.1 Å². The SMILES string of the molecule is CCN1C(=O)CC(CCCc2ccc(C(C)(C)C)cc2)N=C1CCCc1cccc(-c2cccc(CC(=O)O)c2)c1. The van der Waals surface area contributed by atoms with Crippen LogP contribution in [0.4, 0.5) is 0 Å². The first-order chi connectivity index (χ1) is 19.6. The summed E-state index contributed by atoms with van der Waals surface area (Å²) in [6, 6.07) is 25.2. The minimum Gasteiger partial charge on any atom is -0.481 e. The van der Waals surface area contributed by atoms with E-state index in [1.807, 2.05) is 36.1 Å². The van der Waals surface area contributed by atoms with E-state index in [9.17, 15) is 9.59 Å². The van der Waals surface area contributed by atoms with E-state index >= 15 is 0 Å². The number of hydrogen-bond donors (Lipinski definition) is 1. The molecule has 0 radical (unpaired) electrons. The number of carboxylic acid groups (broad SMARTS) is 1. The fourth-order valence-corrected chi connectivity index (χ4v) is 5.61. The van der Waals surface area contributed by atoms with E-state index in [1.54, 1.807) is 0 Å². The van der Waals surface area contributed by atoms with E-state index in [0.717, 1.165) is 61.1 Å². The largest absolute Gasteiger partial charge is 0.481 e. The molecule has 1 heterocycles. The molecule has 5 nitrogen and oxygen atoms in total. The van der Waals surface area contributed by atoms with Gasteiger partial charge in [-0.1, -0.05) is 93.6 Å². The highest BCUT2D eigenvalue weighted by atomic mass is 16.4. The van der Waals surface area contributed by atoms with Crippen LogP contribution in [-0.4, -0.2) is 40.3 Å². The van der Waals surface area contributed by atoms with Gasteiger partial charge < -0.3 is 10.0 Å². The zero-order valence-electron chi connectivity index (χ0n) is 25.0. The van der Waals surface area contributed by atoms with Crippen LogP contribution in [0, 0.1) is 0 Å². The first-order valence-electron chi connectivity index (χ1n) is 15.0. The zero-order chi connectivity index (χ0) is 29.4. The summed E-state index contributed by atoms with van der Waals surface area (Å²) in [6.45, 7) is 9.39. The van der Waals surface area contributed by atoms with Crippen molar-refractivity contribution in [1.82, 2.24) is 4.90 Å². The molecule has 1 aliphatic heterocycles. The first-order valence-corrected chi connectivity index (χ1v) is 15.0. The van der Waals surface area contributed by atoms with Gasteiger partial charge in [-0.15, -0.1) is 0 Å². The summed E-state index contributed by atoms with van der Waals surface area (Å²) >= 11 is 0. The van der Waals surface area contributed by atoms with Crippen molar-refractivity contribution in [2.45, 2.75) is 90.5 Å². The first kappa shape index (κ1) is 30.2. The number of aryl methyl sites for hydroxylation is 2. The van der Waals surface area contributed by atoms with Crippen LogP contribution in [0.2, 0.25) is 0 Å². The van der Waals surface area contributed by atoms with Crippen LogP contribution in [0.15, 0.2) is 77.8 Å². The van der Waals surface area contributed by atoms with Crippen molar-refractivity contribution in [3.63, 3.8) is 0 Å². The lowest BCUT2D eigenvalue weighted by Crippen LogP contribution is -2.42. The normalized spacial score (nSPS) is 15.6. The molecule has 0 spiro atoms. The van der Waals surface area contributed by atoms with Gasteiger partial charge in [-0.2, -0.15) is 0 Å². The standard InChI is InChI=1S/C36H44N2O3/c1-5-38-33(37-32(25-34(38)39)16-8-10-26-18-20-31(21-19-26)36(2,3)4)17-9-12-27-11-6-14-29(22-27)30-15-7-13-28(23-30)24-35(40)41/h6-7,11,13-15,18-23,32H,5,8-10,12,16-17,24-25H2,1-4H3,(H,40,41). The molecular formula is C36H44N2O3. The van der Waals surface area contributed by atoms with Gasteiger partial charge >= 0.3 is 5.97 Å². The van der Waals surface area contributed by atoms with Gasteiger partial charge in [-0.3, -0.25) is 14.6 Å². The van der Waals surface area contributed by atoms with Gasteiger partial charge in [0.15, 0.2) is 0 Å². The number of nitrogens with zero attached hydrogens (tertiary/aromatic N) is 2. The maximum Gasteiger partial charge on any atom is 0.307 e. The van der Waals surface area contributed by atoms with E-state index in [2.05, 4.69) is 69.3 Å². The molecular weight excluding hydrogens is 508 g/mol. The van der Waals surface area contributed by atoms with Gasteiger partial charge in [0.2, 0.25) is 5.91 Å². The molecule has 0 saturated carbocycles. The van der Waals surface area contributed by atoms with E-state index in [1.165, 1.54) is 16.7 Å². The molecule has 41 heavy (non-hydrogen) atoms. The van der Waals surface area contributed by atoms with Crippen molar-refractivity contribution < 1.29 is 14.7 Å². The summed E-state index contributed by atoms with van der Waals surface area (Å²) in [5.41, 5.74) is 7.00. The molecule has 1 amide bonds. The van der Waals surface area contributed by atoms with E-state index in [-0.39, 0.29) is 23.8 Å². The van der Waals surface area contributed by atoms with Crippen LogP contribution in [0.1, 0.15) is 82.1 Å². The number of carbonyl (C=O) groups is 2. The number of benzene rings is 3. The molecule has 0 bridgehead atoms. The molecule has 4 rings (SSSR count). The van der Waals surface area contributed by atoms with Gasteiger partial charge in [-0.25, -0.2) is 0 Å². The lowest BCUT2D eigenvalue weighted by Gasteiger charge is -2.30. The number of amides is 1. The Hall–Kier alpha value is -3.73. The number of rotatable bonds is 12. The van der Waals surface area contributed by atoms with Gasteiger partial charge in [0, 0.05) is 19.4 Å². The number of aliphatic imine (C=N–C) groups is 1. The average molecular weight is 553 g/mol. The molecule has 5 heteroatoms. The zero-order valence-corrected chi connectivity index (χ0v) is 25.0. The summed E-state index contributed by atoms with van der Waals surface area (Å²) in [4.78, 5) is 31.0. The van der Waals surface area contributed by atoms with Crippen molar-refractivity contribution in [2.75, 3.05) is 6.54 Å². The molecule has 216 valence electrons. The second-order valence-electron chi connectivity index (χ2n) is 12.2. The Labute approximate surface area is 245 Å². The van der Waals surface area contributed by atoms with E-state index < -0.39 is 5.97 Å². The van der Waals surface area contributed by atoms with Gasteiger partial charge in [0.25, 0.3) is 0 Å².